The molecular formula is C10H13NO2S. The highest BCUT2D eigenvalue weighted by Gasteiger charge is 2.36. The minimum Gasteiger partial charge on any atom is -0.481 e. The Morgan fingerprint density at radius 1 is 1.71 bits per heavy atom. The van der Waals surface area contributed by atoms with E-state index in [0.29, 0.717) is 5.92 Å². The van der Waals surface area contributed by atoms with Gasteiger partial charge in [0.1, 0.15) is 0 Å². The van der Waals surface area contributed by atoms with Crippen molar-refractivity contribution in [3.05, 3.63) is 16.1 Å². The summed E-state index contributed by atoms with van der Waals surface area (Å²) >= 11 is 1.63. The van der Waals surface area contributed by atoms with E-state index in [1.54, 1.807) is 11.3 Å². The monoisotopic (exact) mass is 211 g/mol. The van der Waals surface area contributed by atoms with Crippen molar-refractivity contribution in [1.82, 2.24) is 4.98 Å². The summed E-state index contributed by atoms with van der Waals surface area (Å²) < 4.78 is 0. The van der Waals surface area contributed by atoms with Crippen LogP contribution in [-0.4, -0.2) is 16.1 Å². The van der Waals surface area contributed by atoms with Crippen molar-refractivity contribution < 1.29 is 9.90 Å². The number of nitrogens with zero attached hydrogens (tertiary/aromatic N) is 1. The second-order valence-corrected chi connectivity index (χ2v) is 4.91. The number of aliphatic carboxylic acids is 1. The van der Waals surface area contributed by atoms with Gasteiger partial charge in [-0.2, -0.15) is 0 Å². The molecule has 0 saturated heterocycles. The zero-order valence-corrected chi connectivity index (χ0v) is 8.88. The predicted molar refractivity (Wildman–Crippen MR) is 54.4 cm³/mol. The number of aromatic nitrogens is 1. The molecule has 1 aliphatic rings. The second-order valence-electron chi connectivity index (χ2n) is 3.84. The van der Waals surface area contributed by atoms with E-state index in [9.17, 15) is 4.79 Å². The molecule has 1 aliphatic carbocycles. The molecule has 0 spiro atoms. The van der Waals surface area contributed by atoms with Crippen LogP contribution in [0.4, 0.5) is 0 Å². The van der Waals surface area contributed by atoms with Gasteiger partial charge in [0.05, 0.1) is 16.6 Å². The van der Waals surface area contributed by atoms with E-state index >= 15 is 0 Å². The molecule has 1 saturated carbocycles. The van der Waals surface area contributed by atoms with E-state index in [2.05, 4.69) is 4.98 Å². The number of hydrogen-bond donors (Lipinski definition) is 1. The summed E-state index contributed by atoms with van der Waals surface area (Å²) in [5, 5.41) is 12.0. The molecule has 2 rings (SSSR count). The highest BCUT2D eigenvalue weighted by atomic mass is 32.1. The molecule has 0 radical (unpaired) electrons. The zero-order valence-electron chi connectivity index (χ0n) is 8.06. The van der Waals surface area contributed by atoms with Crippen LogP contribution < -0.4 is 0 Å². The van der Waals surface area contributed by atoms with Crippen LogP contribution >= 0.6 is 11.3 Å². The molecular weight excluding hydrogens is 198 g/mol. The summed E-state index contributed by atoms with van der Waals surface area (Å²) in [6.07, 6.45) is 2.71. The summed E-state index contributed by atoms with van der Waals surface area (Å²) in [4.78, 5) is 15.1. The van der Waals surface area contributed by atoms with Crippen LogP contribution in [0.1, 0.15) is 23.5 Å². The summed E-state index contributed by atoms with van der Waals surface area (Å²) in [5.41, 5.74) is 1.06. The van der Waals surface area contributed by atoms with Crippen LogP contribution in [0.25, 0.3) is 0 Å². The largest absolute Gasteiger partial charge is 0.481 e. The Hall–Kier alpha value is -0.900. The Kier molecular flexibility index (Phi) is 2.54. The van der Waals surface area contributed by atoms with Crippen LogP contribution in [0.2, 0.25) is 0 Å². The molecule has 0 aliphatic heterocycles. The minimum atomic E-state index is -0.645. The average molecular weight is 211 g/mol. The highest BCUT2D eigenvalue weighted by molar-refractivity contribution is 7.09. The third-order valence-corrected chi connectivity index (χ3v) is 3.69. The van der Waals surface area contributed by atoms with Crippen molar-refractivity contribution in [1.29, 1.82) is 0 Å². The Bertz CT molecular complexity index is 348. The van der Waals surface area contributed by atoms with Gasteiger partial charge in [0, 0.05) is 5.38 Å². The van der Waals surface area contributed by atoms with Crippen molar-refractivity contribution in [2.75, 3.05) is 0 Å². The van der Waals surface area contributed by atoms with E-state index in [1.165, 1.54) is 0 Å². The first kappa shape index (κ1) is 9.65. The van der Waals surface area contributed by atoms with Crippen LogP contribution in [0.3, 0.4) is 0 Å². The fourth-order valence-corrected chi connectivity index (χ4v) is 2.53. The van der Waals surface area contributed by atoms with Crippen LogP contribution in [0, 0.1) is 18.8 Å². The lowest BCUT2D eigenvalue weighted by atomic mass is 9.71. The Morgan fingerprint density at radius 3 is 2.93 bits per heavy atom. The van der Waals surface area contributed by atoms with Crippen molar-refractivity contribution >= 4 is 17.3 Å². The number of rotatable bonds is 3. The SMILES string of the molecule is Cc1nc(CC2CCC2C(=O)O)cs1. The molecule has 0 bridgehead atoms. The van der Waals surface area contributed by atoms with Gasteiger partial charge >= 0.3 is 5.97 Å². The number of hydrogen-bond acceptors (Lipinski definition) is 3. The maximum Gasteiger partial charge on any atom is 0.306 e. The first-order valence-electron chi connectivity index (χ1n) is 4.80. The molecule has 1 heterocycles. The van der Waals surface area contributed by atoms with E-state index in [4.69, 9.17) is 5.11 Å². The molecule has 3 nitrogen and oxygen atoms in total. The molecule has 1 N–H and O–H groups in total. The Morgan fingerprint density at radius 2 is 2.50 bits per heavy atom. The lowest BCUT2D eigenvalue weighted by Gasteiger charge is -2.32. The fraction of sp³-hybridized carbons (Fsp3) is 0.600. The second kappa shape index (κ2) is 3.69. The molecule has 2 unspecified atom stereocenters. The maximum atomic E-state index is 10.8. The number of carboxylic acids is 1. The summed E-state index contributed by atoms with van der Waals surface area (Å²) in [6, 6.07) is 0. The van der Waals surface area contributed by atoms with E-state index in [-0.39, 0.29) is 5.92 Å². The molecule has 0 amide bonds. The Labute approximate surface area is 86.8 Å². The zero-order chi connectivity index (χ0) is 10.1. The first-order valence-corrected chi connectivity index (χ1v) is 5.68. The molecule has 14 heavy (non-hydrogen) atoms. The lowest BCUT2D eigenvalue weighted by molar-refractivity contribution is -0.147. The summed E-state index contributed by atoms with van der Waals surface area (Å²) in [7, 11) is 0. The number of aryl methyl sites for hydroxylation is 1. The van der Waals surface area contributed by atoms with Gasteiger partial charge < -0.3 is 5.11 Å². The minimum absolute atomic E-state index is 0.128. The van der Waals surface area contributed by atoms with Crippen LogP contribution in [-0.2, 0) is 11.2 Å². The standard InChI is InChI=1S/C10H13NO2S/c1-6-11-8(5-14-6)4-7-2-3-9(7)10(12)13/h5,7,9H,2-4H2,1H3,(H,12,13). The van der Waals surface area contributed by atoms with Gasteiger partial charge in [-0.1, -0.05) is 0 Å². The quantitative estimate of drug-likeness (QED) is 0.833. The van der Waals surface area contributed by atoms with Gasteiger partial charge in [-0.25, -0.2) is 4.98 Å². The fourth-order valence-electron chi connectivity index (χ4n) is 1.91. The number of carbonyl (C=O) groups is 1. The van der Waals surface area contributed by atoms with E-state index < -0.39 is 5.97 Å². The van der Waals surface area contributed by atoms with Gasteiger partial charge in [-0.3, -0.25) is 4.79 Å². The number of carboxylic acid groups (broad SMARTS) is 1. The van der Waals surface area contributed by atoms with Crippen LogP contribution in [0.15, 0.2) is 5.38 Å². The average Bonchev–Trinajstić information content (AvgIpc) is 2.44. The van der Waals surface area contributed by atoms with Gasteiger partial charge in [0.15, 0.2) is 0 Å². The molecule has 1 aromatic heterocycles. The summed E-state index contributed by atoms with van der Waals surface area (Å²) in [6.45, 7) is 1.98. The third kappa shape index (κ3) is 1.80. The smallest absolute Gasteiger partial charge is 0.306 e. The van der Waals surface area contributed by atoms with E-state index in [1.807, 2.05) is 12.3 Å². The summed E-state index contributed by atoms with van der Waals surface area (Å²) in [5.74, 6) is -0.459. The lowest BCUT2D eigenvalue weighted by Crippen LogP contribution is -2.34. The molecule has 2 atom stereocenters. The molecule has 1 fully saturated rings. The van der Waals surface area contributed by atoms with Crippen molar-refractivity contribution in [3.8, 4) is 0 Å². The van der Waals surface area contributed by atoms with Crippen molar-refractivity contribution in [2.45, 2.75) is 26.2 Å². The normalized spacial score (nSPS) is 25.8. The van der Waals surface area contributed by atoms with Gasteiger partial charge in [-0.15, -0.1) is 11.3 Å². The molecule has 0 aromatic carbocycles. The molecule has 1 aromatic rings. The van der Waals surface area contributed by atoms with Gasteiger partial charge in [0.25, 0.3) is 0 Å². The molecule has 4 heteroatoms. The van der Waals surface area contributed by atoms with Crippen molar-refractivity contribution in [2.24, 2.45) is 11.8 Å². The van der Waals surface area contributed by atoms with Gasteiger partial charge in [0.2, 0.25) is 0 Å². The Balaban J connectivity index is 1.95. The number of thiazole rings is 1. The van der Waals surface area contributed by atoms with E-state index in [0.717, 1.165) is 30.0 Å². The maximum absolute atomic E-state index is 10.8. The topological polar surface area (TPSA) is 50.2 Å². The van der Waals surface area contributed by atoms with Crippen molar-refractivity contribution in [3.63, 3.8) is 0 Å². The molecule has 76 valence electrons. The third-order valence-electron chi connectivity index (χ3n) is 2.87. The predicted octanol–water partition coefficient (Wildman–Crippen LogP) is 2.10. The van der Waals surface area contributed by atoms with Crippen LogP contribution in [0.5, 0.6) is 0 Å². The highest BCUT2D eigenvalue weighted by Crippen LogP contribution is 2.36. The van der Waals surface area contributed by atoms with Gasteiger partial charge in [-0.05, 0) is 32.1 Å². The first-order chi connectivity index (χ1) is 6.66.